The van der Waals surface area contributed by atoms with Crippen LogP contribution in [-0.4, -0.2) is 39.3 Å². The van der Waals surface area contributed by atoms with Gasteiger partial charge in [-0.15, -0.1) is 0 Å². The molecule has 2 aromatic rings. The zero-order valence-electron chi connectivity index (χ0n) is 13.1. The van der Waals surface area contributed by atoms with Gasteiger partial charge in [0, 0.05) is 20.7 Å². The van der Waals surface area contributed by atoms with Crippen molar-refractivity contribution in [2.24, 2.45) is 17.8 Å². The molecule has 2 fully saturated rings. The molecule has 4 rings (SSSR count). The van der Waals surface area contributed by atoms with Crippen LogP contribution in [0.3, 0.4) is 0 Å². The summed E-state index contributed by atoms with van der Waals surface area (Å²) in [5.74, 6) is 1.76. The van der Waals surface area contributed by atoms with E-state index in [0.29, 0.717) is 41.1 Å². The van der Waals surface area contributed by atoms with Gasteiger partial charge < -0.3 is 9.67 Å². The largest absolute Gasteiger partial charge is 0.396 e. The van der Waals surface area contributed by atoms with Crippen LogP contribution in [-0.2, 0) is 0 Å². The number of aliphatic hydroxyl groups is 1. The van der Waals surface area contributed by atoms with Crippen molar-refractivity contribution in [2.45, 2.75) is 37.6 Å². The Morgan fingerprint density at radius 3 is 2.73 bits per heavy atom. The molecule has 5 nitrogen and oxygen atoms in total. The molecule has 0 aliphatic heterocycles. The summed E-state index contributed by atoms with van der Waals surface area (Å²) in [6.45, 7) is 7.60. The van der Waals surface area contributed by atoms with Crippen molar-refractivity contribution in [1.29, 1.82) is 0 Å². The molecule has 2 heterocycles. The van der Waals surface area contributed by atoms with Crippen LogP contribution in [0.4, 0.5) is 0 Å². The van der Waals surface area contributed by atoms with E-state index in [9.17, 15) is 5.11 Å². The predicted octanol–water partition coefficient (Wildman–Crippen LogP) is 2.99. The number of rotatable bonds is 3. The van der Waals surface area contributed by atoms with Crippen molar-refractivity contribution in [1.82, 2.24) is 19.5 Å². The minimum Gasteiger partial charge on any atom is -0.396 e. The molecule has 0 aromatic carbocycles. The quantitative estimate of drug-likeness (QED) is 0.691. The van der Waals surface area contributed by atoms with Crippen molar-refractivity contribution in [2.75, 3.05) is 6.61 Å². The molecule has 0 bridgehead atoms. The van der Waals surface area contributed by atoms with Crippen molar-refractivity contribution >= 4 is 30.8 Å². The molecule has 118 valence electrons. The van der Waals surface area contributed by atoms with Gasteiger partial charge in [0.05, 0.1) is 6.33 Å². The monoisotopic (exact) mass is 336 g/mol. The zero-order valence-corrected chi connectivity index (χ0v) is 14.8. The van der Waals surface area contributed by atoms with Crippen LogP contribution >= 0.6 is 11.6 Å². The molecule has 22 heavy (non-hydrogen) atoms. The van der Waals surface area contributed by atoms with Crippen LogP contribution in [0.1, 0.15) is 12.5 Å². The maximum atomic E-state index is 9.76. The maximum absolute atomic E-state index is 9.76. The van der Waals surface area contributed by atoms with E-state index >= 15 is 0 Å². The standard InChI is InChI=1S/C15H21ClN4OSi/c1-22(2,3)13-10-8(5-21)4-9(11(10)13)20-7-19-12-14(16)17-6-18-15(12)20/h6-11,13,21H,4-5H2,1-3H3/t8-,9-,10+,11+,13-/m1/s1. The van der Waals surface area contributed by atoms with Gasteiger partial charge in [-0.05, 0) is 29.7 Å². The van der Waals surface area contributed by atoms with Crippen LogP contribution in [0, 0.1) is 17.8 Å². The normalized spacial score (nSPS) is 34.1. The average molecular weight is 337 g/mol. The van der Waals surface area contributed by atoms with Gasteiger partial charge in [-0.25, -0.2) is 15.0 Å². The topological polar surface area (TPSA) is 63.8 Å². The highest BCUT2D eigenvalue weighted by molar-refractivity contribution is 6.78. The summed E-state index contributed by atoms with van der Waals surface area (Å²) >= 11 is 6.12. The molecular formula is C15H21ClN4OSi. The number of hydrogen-bond acceptors (Lipinski definition) is 4. The summed E-state index contributed by atoms with van der Waals surface area (Å²) < 4.78 is 2.18. The Bertz CT molecular complexity index is 728. The van der Waals surface area contributed by atoms with Crippen LogP contribution in [0.2, 0.25) is 30.3 Å². The van der Waals surface area contributed by atoms with Crippen molar-refractivity contribution < 1.29 is 5.11 Å². The van der Waals surface area contributed by atoms with E-state index in [4.69, 9.17) is 11.6 Å². The second-order valence-electron chi connectivity index (χ2n) is 7.78. The van der Waals surface area contributed by atoms with E-state index in [2.05, 4.69) is 39.2 Å². The average Bonchev–Trinajstić information content (AvgIpc) is 2.88. The molecular weight excluding hydrogens is 316 g/mol. The SMILES string of the molecule is C[Si](C)(C)[C@@H]1[C@H]2[C@@H](CO)C[C@@H](n3cnc4c(Cl)ncnc43)[C@@H]21. The molecule has 0 saturated heterocycles. The molecule has 2 aliphatic rings. The third-order valence-electron chi connectivity index (χ3n) is 5.57. The minimum atomic E-state index is -1.21. The Hall–Kier alpha value is -0.983. The van der Waals surface area contributed by atoms with Crippen molar-refractivity contribution in [3.05, 3.63) is 17.8 Å². The molecule has 2 saturated carbocycles. The summed E-state index contributed by atoms with van der Waals surface area (Å²) in [7, 11) is -1.21. The Balaban J connectivity index is 1.75. The van der Waals surface area contributed by atoms with Crippen LogP contribution in [0.25, 0.3) is 11.2 Å². The lowest BCUT2D eigenvalue weighted by atomic mass is 10.0. The number of aliphatic hydroxyl groups excluding tert-OH is 1. The molecule has 2 aromatic heterocycles. The second kappa shape index (κ2) is 4.76. The third-order valence-corrected chi connectivity index (χ3v) is 8.62. The smallest absolute Gasteiger partial charge is 0.165 e. The lowest BCUT2D eigenvalue weighted by Crippen LogP contribution is -2.27. The fourth-order valence-corrected chi connectivity index (χ4v) is 8.12. The minimum absolute atomic E-state index is 0.293. The van der Waals surface area contributed by atoms with E-state index in [1.807, 2.05) is 6.33 Å². The number of hydrogen-bond donors (Lipinski definition) is 1. The lowest BCUT2D eigenvalue weighted by Gasteiger charge is -2.25. The maximum Gasteiger partial charge on any atom is 0.165 e. The van der Waals surface area contributed by atoms with Gasteiger partial charge >= 0.3 is 0 Å². The lowest BCUT2D eigenvalue weighted by molar-refractivity contribution is 0.208. The molecule has 0 unspecified atom stereocenters. The zero-order chi connectivity index (χ0) is 15.6. The molecule has 1 N–H and O–H groups in total. The molecule has 7 heteroatoms. The van der Waals surface area contributed by atoms with Crippen molar-refractivity contribution in [3.8, 4) is 0 Å². The molecule has 5 atom stereocenters. The number of nitrogens with zero attached hydrogens (tertiary/aromatic N) is 4. The highest BCUT2D eigenvalue weighted by atomic mass is 35.5. The Labute approximate surface area is 135 Å². The first-order chi connectivity index (χ1) is 10.4. The van der Waals surface area contributed by atoms with E-state index in [0.717, 1.165) is 17.6 Å². The summed E-state index contributed by atoms with van der Waals surface area (Å²) in [6, 6.07) is 0.384. The fraction of sp³-hybridized carbons (Fsp3) is 0.667. The van der Waals surface area contributed by atoms with Gasteiger partial charge in [-0.2, -0.15) is 0 Å². The first-order valence-corrected chi connectivity index (χ1v) is 11.8. The second-order valence-corrected chi connectivity index (χ2v) is 13.5. The van der Waals surface area contributed by atoms with Crippen molar-refractivity contribution in [3.63, 3.8) is 0 Å². The first kappa shape index (κ1) is 14.6. The fourth-order valence-electron chi connectivity index (χ4n) is 4.80. The molecule has 0 radical (unpaired) electrons. The van der Waals surface area contributed by atoms with Crippen LogP contribution < -0.4 is 0 Å². The van der Waals surface area contributed by atoms with Crippen LogP contribution in [0.15, 0.2) is 12.7 Å². The van der Waals surface area contributed by atoms with Gasteiger partial charge in [0.25, 0.3) is 0 Å². The Morgan fingerprint density at radius 1 is 1.27 bits per heavy atom. The van der Waals surface area contributed by atoms with E-state index in [1.165, 1.54) is 6.33 Å². The Morgan fingerprint density at radius 2 is 2.05 bits per heavy atom. The number of fused-ring (bicyclic) bond motifs is 2. The summed E-state index contributed by atoms with van der Waals surface area (Å²) in [5.41, 5.74) is 2.29. The van der Waals surface area contributed by atoms with E-state index < -0.39 is 8.07 Å². The summed E-state index contributed by atoms with van der Waals surface area (Å²) in [4.78, 5) is 12.8. The highest BCUT2D eigenvalue weighted by Gasteiger charge is 2.66. The first-order valence-electron chi connectivity index (χ1n) is 7.87. The highest BCUT2D eigenvalue weighted by Crippen LogP contribution is 2.71. The predicted molar refractivity (Wildman–Crippen MR) is 88.6 cm³/mol. The van der Waals surface area contributed by atoms with Gasteiger partial charge in [0.2, 0.25) is 0 Å². The summed E-state index contributed by atoms with van der Waals surface area (Å²) in [5, 5.41) is 10.2. The van der Waals surface area contributed by atoms with Crippen LogP contribution in [0.5, 0.6) is 0 Å². The summed E-state index contributed by atoms with van der Waals surface area (Å²) in [6.07, 6.45) is 4.37. The van der Waals surface area contributed by atoms with Gasteiger partial charge in [0.15, 0.2) is 10.8 Å². The van der Waals surface area contributed by atoms with E-state index in [-0.39, 0.29) is 0 Å². The number of halogens is 1. The van der Waals surface area contributed by atoms with Gasteiger partial charge in [0.1, 0.15) is 11.8 Å². The molecule has 0 spiro atoms. The van der Waals surface area contributed by atoms with E-state index in [1.54, 1.807) is 0 Å². The third kappa shape index (κ3) is 1.97. The number of imidazole rings is 1. The molecule has 0 amide bonds. The van der Waals surface area contributed by atoms with Gasteiger partial charge in [-0.3, -0.25) is 0 Å². The molecule has 2 aliphatic carbocycles. The number of aromatic nitrogens is 4. The Kier molecular flexibility index (Phi) is 3.16. The van der Waals surface area contributed by atoms with Gasteiger partial charge in [-0.1, -0.05) is 31.2 Å².